The SMILES string of the molecule is C[C@H]1CN(c2ccc(S(=O)(=O)C(F)F)cc2)CCO1. The molecular formula is C12H15F2NO3S. The lowest BCUT2D eigenvalue weighted by molar-refractivity contribution is 0.0532. The fourth-order valence-corrected chi connectivity index (χ4v) is 2.72. The molecule has 1 aromatic rings. The van der Waals surface area contributed by atoms with Crippen molar-refractivity contribution in [1.82, 2.24) is 0 Å². The average molecular weight is 291 g/mol. The van der Waals surface area contributed by atoms with Gasteiger partial charge >= 0.3 is 5.76 Å². The Kier molecular flexibility index (Phi) is 4.05. The minimum Gasteiger partial charge on any atom is -0.375 e. The lowest BCUT2D eigenvalue weighted by Crippen LogP contribution is -2.41. The van der Waals surface area contributed by atoms with Crippen molar-refractivity contribution in [3.8, 4) is 0 Å². The van der Waals surface area contributed by atoms with Crippen LogP contribution in [-0.2, 0) is 14.6 Å². The van der Waals surface area contributed by atoms with Crippen LogP contribution in [0, 0.1) is 0 Å². The van der Waals surface area contributed by atoms with Crippen LogP contribution in [0.4, 0.5) is 14.5 Å². The average Bonchev–Trinajstić information content (AvgIpc) is 2.38. The Hall–Kier alpha value is -1.21. The van der Waals surface area contributed by atoms with Gasteiger partial charge < -0.3 is 9.64 Å². The predicted molar refractivity (Wildman–Crippen MR) is 67.3 cm³/mol. The van der Waals surface area contributed by atoms with E-state index in [1.807, 2.05) is 11.8 Å². The van der Waals surface area contributed by atoms with Gasteiger partial charge in [-0.05, 0) is 31.2 Å². The molecule has 0 aromatic heterocycles. The Morgan fingerprint density at radius 1 is 1.32 bits per heavy atom. The monoisotopic (exact) mass is 291 g/mol. The van der Waals surface area contributed by atoms with E-state index in [1.165, 1.54) is 12.1 Å². The number of benzene rings is 1. The van der Waals surface area contributed by atoms with Crippen molar-refractivity contribution in [2.24, 2.45) is 0 Å². The molecule has 1 aromatic carbocycles. The molecule has 1 heterocycles. The highest BCUT2D eigenvalue weighted by Gasteiger charge is 2.26. The van der Waals surface area contributed by atoms with Gasteiger partial charge in [-0.3, -0.25) is 0 Å². The first-order valence-corrected chi connectivity index (χ1v) is 7.44. The summed E-state index contributed by atoms with van der Waals surface area (Å²) in [6, 6.07) is 5.54. The normalized spacial score (nSPS) is 20.8. The molecule has 0 saturated carbocycles. The number of anilines is 1. The third-order valence-electron chi connectivity index (χ3n) is 3.01. The maximum atomic E-state index is 12.4. The van der Waals surface area contributed by atoms with Crippen molar-refractivity contribution in [1.29, 1.82) is 0 Å². The van der Waals surface area contributed by atoms with Gasteiger partial charge in [-0.15, -0.1) is 0 Å². The van der Waals surface area contributed by atoms with Crippen molar-refractivity contribution in [3.63, 3.8) is 0 Å². The molecule has 4 nitrogen and oxygen atoms in total. The first-order chi connectivity index (χ1) is 8.91. The van der Waals surface area contributed by atoms with Gasteiger partial charge in [0, 0.05) is 18.8 Å². The van der Waals surface area contributed by atoms with Crippen LogP contribution in [0.3, 0.4) is 0 Å². The number of halogens is 2. The molecule has 0 radical (unpaired) electrons. The van der Waals surface area contributed by atoms with Gasteiger partial charge in [-0.25, -0.2) is 8.42 Å². The van der Waals surface area contributed by atoms with Crippen molar-refractivity contribution < 1.29 is 21.9 Å². The van der Waals surface area contributed by atoms with E-state index in [2.05, 4.69) is 0 Å². The summed E-state index contributed by atoms with van der Waals surface area (Å²) < 4.78 is 52.8. The second-order valence-corrected chi connectivity index (χ2v) is 6.34. The van der Waals surface area contributed by atoms with E-state index in [4.69, 9.17) is 4.74 Å². The molecule has 0 unspecified atom stereocenters. The van der Waals surface area contributed by atoms with Gasteiger partial charge in [0.05, 0.1) is 17.6 Å². The van der Waals surface area contributed by atoms with Gasteiger partial charge in [-0.2, -0.15) is 8.78 Å². The third kappa shape index (κ3) is 3.03. The molecular weight excluding hydrogens is 276 g/mol. The first kappa shape index (κ1) is 14.2. The molecule has 1 saturated heterocycles. The van der Waals surface area contributed by atoms with Gasteiger partial charge in [0.2, 0.25) is 9.84 Å². The lowest BCUT2D eigenvalue weighted by atomic mass is 10.2. The number of hydrogen-bond donors (Lipinski definition) is 0. The van der Waals surface area contributed by atoms with E-state index in [0.717, 1.165) is 5.69 Å². The van der Waals surface area contributed by atoms with Crippen LogP contribution in [-0.4, -0.2) is 40.0 Å². The quantitative estimate of drug-likeness (QED) is 0.853. The van der Waals surface area contributed by atoms with Crippen molar-refractivity contribution in [2.75, 3.05) is 24.6 Å². The molecule has 0 bridgehead atoms. The Morgan fingerprint density at radius 3 is 2.47 bits per heavy atom. The predicted octanol–water partition coefficient (Wildman–Crippen LogP) is 1.91. The number of sulfone groups is 1. The zero-order valence-electron chi connectivity index (χ0n) is 10.4. The van der Waals surface area contributed by atoms with E-state index in [9.17, 15) is 17.2 Å². The molecule has 7 heteroatoms. The van der Waals surface area contributed by atoms with Crippen LogP contribution in [0.2, 0.25) is 0 Å². The van der Waals surface area contributed by atoms with E-state index < -0.39 is 15.6 Å². The number of morpholine rings is 1. The van der Waals surface area contributed by atoms with Crippen molar-refractivity contribution in [2.45, 2.75) is 23.7 Å². The number of ether oxygens (including phenoxy) is 1. The van der Waals surface area contributed by atoms with Crippen molar-refractivity contribution >= 4 is 15.5 Å². The van der Waals surface area contributed by atoms with Crippen LogP contribution in [0.25, 0.3) is 0 Å². The fraction of sp³-hybridized carbons (Fsp3) is 0.500. The molecule has 1 aliphatic rings. The van der Waals surface area contributed by atoms with E-state index in [0.29, 0.717) is 19.7 Å². The summed E-state index contributed by atoms with van der Waals surface area (Å²) in [6.45, 7) is 3.94. The van der Waals surface area contributed by atoms with Crippen molar-refractivity contribution in [3.05, 3.63) is 24.3 Å². The summed E-state index contributed by atoms with van der Waals surface area (Å²) in [5, 5.41) is 0. The standard InChI is InChI=1S/C12H15F2NO3S/c1-9-8-15(6-7-18-9)10-2-4-11(5-3-10)19(16,17)12(13)14/h2-5,9,12H,6-8H2,1H3/t9-/m0/s1. The maximum Gasteiger partial charge on any atom is 0.341 e. The first-order valence-electron chi connectivity index (χ1n) is 5.90. The second kappa shape index (κ2) is 5.42. The minimum absolute atomic E-state index is 0.0956. The zero-order valence-corrected chi connectivity index (χ0v) is 11.2. The molecule has 1 atom stereocenters. The highest BCUT2D eigenvalue weighted by atomic mass is 32.2. The summed E-state index contributed by atoms with van der Waals surface area (Å²) in [6.07, 6.45) is 0.0956. The molecule has 106 valence electrons. The summed E-state index contributed by atoms with van der Waals surface area (Å²) in [7, 11) is -4.51. The smallest absolute Gasteiger partial charge is 0.341 e. The Labute approximate surface area is 110 Å². The van der Waals surface area contributed by atoms with Crippen LogP contribution in [0.15, 0.2) is 29.2 Å². The molecule has 0 N–H and O–H groups in total. The van der Waals surface area contributed by atoms with Gasteiger partial charge in [0.15, 0.2) is 0 Å². The number of rotatable bonds is 3. The second-order valence-electron chi connectivity index (χ2n) is 4.43. The van der Waals surface area contributed by atoms with Gasteiger partial charge in [-0.1, -0.05) is 0 Å². The fourth-order valence-electron chi connectivity index (χ4n) is 2.00. The Balaban J connectivity index is 2.19. The minimum atomic E-state index is -4.51. The summed E-state index contributed by atoms with van der Waals surface area (Å²) in [5.41, 5.74) is 0.809. The molecule has 19 heavy (non-hydrogen) atoms. The zero-order chi connectivity index (χ0) is 14.0. The molecule has 1 fully saturated rings. The summed E-state index contributed by atoms with van der Waals surface area (Å²) >= 11 is 0. The van der Waals surface area contributed by atoms with Crippen LogP contribution in [0.1, 0.15) is 6.92 Å². The Morgan fingerprint density at radius 2 is 1.95 bits per heavy atom. The number of alkyl halides is 2. The lowest BCUT2D eigenvalue weighted by Gasteiger charge is -2.33. The summed E-state index contributed by atoms with van der Waals surface area (Å²) in [4.78, 5) is 1.68. The van der Waals surface area contributed by atoms with Gasteiger partial charge in [0.1, 0.15) is 0 Å². The maximum absolute atomic E-state index is 12.4. The van der Waals surface area contributed by atoms with E-state index in [-0.39, 0.29) is 11.0 Å². The third-order valence-corrected chi connectivity index (χ3v) is 4.40. The summed E-state index contributed by atoms with van der Waals surface area (Å²) in [5.74, 6) is -3.39. The number of hydrogen-bond acceptors (Lipinski definition) is 4. The van der Waals surface area contributed by atoms with E-state index >= 15 is 0 Å². The van der Waals surface area contributed by atoms with E-state index in [1.54, 1.807) is 12.1 Å². The molecule has 0 aliphatic carbocycles. The highest BCUT2D eigenvalue weighted by molar-refractivity contribution is 7.91. The highest BCUT2D eigenvalue weighted by Crippen LogP contribution is 2.23. The number of nitrogens with zero attached hydrogens (tertiary/aromatic N) is 1. The van der Waals surface area contributed by atoms with Crippen LogP contribution < -0.4 is 4.90 Å². The topological polar surface area (TPSA) is 46.6 Å². The molecule has 2 rings (SSSR count). The van der Waals surface area contributed by atoms with Crippen LogP contribution >= 0.6 is 0 Å². The van der Waals surface area contributed by atoms with Crippen LogP contribution in [0.5, 0.6) is 0 Å². The molecule has 1 aliphatic heterocycles. The van der Waals surface area contributed by atoms with Gasteiger partial charge in [0.25, 0.3) is 0 Å². The molecule has 0 amide bonds. The largest absolute Gasteiger partial charge is 0.375 e. The molecule has 0 spiro atoms. The Bertz CT molecular complexity index is 530.